The van der Waals surface area contributed by atoms with E-state index in [1.165, 1.54) is 12.1 Å². The minimum absolute atomic E-state index is 0.0668. The van der Waals surface area contributed by atoms with Gasteiger partial charge < -0.3 is 9.64 Å². The summed E-state index contributed by atoms with van der Waals surface area (Å²) < 4.78 is 18.5. The van der Waals surface area contributed by atoms with E-state index in [1.54, 1.807) is 18.0 Å². The molecule has 0 aliphatic carbocycles. The standard InChI is InChI=1S/C14H16ClFN4O/c1-3-7-21-14-18-12(15)17-13(19-14)20(2)9-10-5-4-6-11(16)8-10/h4-6,8H,3,7,9H2,1-2H3. The van der Waals surface area contributed by atoms with E-state index in [0.29, 0.717) is 19.1 Å². The van der Waals surface area contributed by atoms with Crippen molar-refractivity contribution in [2.45, 2.75) is 19.9 Å². The van der Waals surface area contributed by atoms with Crippen LogP contribution in [0.15, 0.2) is 24.3 Å². The lowest BCUT2D eigenvalue weighted by Gasteiger charge is -2.17. The van der Waals surface area contributed by atoms with E-state index in [9.17, 15) is 4.39 Å². The molecule has 0 saturated carbocycles. The van der Waals surface area contributed by atoms with Gasteiger partial charge in [0.05, 0.1) is 6.61 Å². The molecule has 0 saturated heterocycles. The fourth-order valence-corrected chi connectivity index (χ4v) is 1.88. The molecule has 0 unspecified atom stereocenters. The Balaban J connectivity index is 2.14. The van der Waals surface area contributed by atoms with Gasteiger partial charge in [0, 0.05) is 13.6 Å². The van der Waals surface area contributed by atoms with Crippen LogP contribution >= 0.6 is 11.6 Å². The zero-order valence-corrected chi connectivity index (χ0v) is 12.6. The van der Waals surface area contributed by atoms with E-state index >= 15 is 0 Å². The zero-order valence-electron chi connectivity index (χ0n) is 11.9. The van der Waals surface area contributed by atoms with Gasteiger partial charge in [-0.2, -0.15) is 15.0 Å². The summed E-state index contributed by atoms with van der Waals surface area (Å²) in [7, 11) is 1.79. The Morgan fingerprint density at radius 1 is 1.29 bits per heavy atom. The summed E-state index contributed by atoms with van der Waals surface area (Å²) >= 11 is 5.87. The van der Waals surface area contributed by atoms with Crippen molar-refractivity contribution in [1.82, 2.24) is 15.0 Å². The lowest BCUT2D eigenvalue weighted by atomic mass is 10.2. The molecule has 1 aromatic carbocycles. The molecular weight excluding hydrogens is 295 g/mol. The molecule has 1 aromatic heterocycles. The quantitative estimate of drug-likeness (QED) is 0.820. The lowest BCUT2D eigenvalue weighted by molar-refractivity contribution is 0.291. The van der Waals surface area contributed by atoms with Crippen molar-refractivity contribution in [2.24, 2.45) is 0 Å². The van der Waals surface area contributed by atoms with Gasteiger partial charge in [-0.3, -0.25) is 0 Å². The molecule has 0 radical (unpaired) electrons. The molecule has 21 heavy (non-hydrogen) atoms. The normalized spacial score (nSPS) is 10.5. The number of benzene rings is 1. The second-order valence-electron chi connectivity index (χ2n) is 4.52. The Labute approximate surface area is 127 Å². The van der Waals surface area contributed by atoms with Crippen LogP contribution in [0.5, 0.6) is 6.01 Å². The van der Waals surface area contributed by atoms with E-state index in [0.717, 1.165) is 12.0 Å². The van der Waals surface area contributed by atoms with Gasteiger partial charge in [-0.15, -0.1) is 0 Å². The minimum Gasteiger partial charge on any atom is -0.463 e. The van der Waals surface area contributed by atoms with Crippen LogP contribution < -0.4 is 9.64 Å². The number of halogens is 2. The van der Waals surface area contributed by atoms with Gasteiger partial charge in [-0.1, -0.05) is 19.1 Å². The first-order valence-electron chi connectivity index (χ1n) is 6.58. The first-order valence-corrected chi connectivity index (χ1v) is 6.96. The third-order valence-corrected chi connectivity index (χ3v) is 2.83. The summed E-state index contributed by atoms with van der Waals surface area (Å²) in [6.07, 6.45) is 0.845. The molecule has 0 amide bonds. The second-order valence-corrected chi connectivity index (χ2v) is 4.86. The summed E-state index contributed by atoms with van der Waals surface area (Å²) in [4.78, 5) is 13.9. The number of aromatic nitrogens is 3. The monoisotopic (exact) mass is 310 g/mol. The molecule has 1 heterocycles. The molecule has 0 fully saturated rings. The Morgan fingerprint density at radius 3 is 2.81 bits per heavy atom. The summed E-state index contributed by atoms with van der Waals surface area (Å²) in [5.41, 5.74) is 0.810. The van der Waals surface area contributed by atoms with Crippen LogP contribution in [0.1, 0.15) is 18.9 Å². The molecule has 0 aliphatic heterocycles. The van der Waals surface area contributed by atoms with Gasteiger partial charge in [-0.05, 0) is 35.7 Å². The summed E-state index contributed by atoms with van der Waals surface area (Å²) in [5, 5.41) is 0.0668. The van der Waals surface area contributed by atoms with E-state index in [1.807, 2.05) is 13.0 Å². The van der Waals surface area contributed by atoms with Crippen molar-refractivity contribution in [2.75, 3.05) is 18.6 Å². The number of ether oxygens (including phenoxy) is 1. The van der Waals surface area contributed by atoms with Gasteiger partial charge in [-0.25, -0.2) is 4.39 Å². The second kappa shape index (κ2) is 7.17. The van der Waals surface area contributed by atoms with Crippen molar-refractivity contribution < 1.29 is 9.13 Å². The topological polar surface area (TPSA) is 51.1 Å². The van der Waals surface area contributed by atoms with Crippen LogP contribution in [0.3, 0.4) is 0 Å². The fraction of sp³-hybridized carbons (Fsp3) is 0.357. The highest BCUT2D eigenvalue weighted by Crippen LogP contribution is 2.16. The Bertz CT molecular complexity index is 611. The van der Waals surface area contributed by atoms with Crippen LogP contribution in [0.4, 0.5) is 10.3 Å². The summed E-state index contributed by atoms with van der Waals surface area (Å²) in [6, 6.07) is 6.55. The number of rotatable bonds is 6. The molecule has 2 aromatic rings. The van der Waals surface area contributed by atoms with Gasteiger partial charge in [0.25, 0.3) is 0 Å². The summed E-state index contributed by atoms with van der Waals surface area (Å²) in [5.74, 6) is 0.104. The maximum Gasteiger partial charge on any atom is 0.322 e. The highest BCUT2D eigenvalue weighted by Gasteiger charge is 2.11. The molecule has 0 spiro atoms. The van der Waals surface area contributed by atoms with Crippen LogP contribution in [-0.4, -0.2) is 28.6 Å². The van der Waals surface area contributed by atoms with Crippen LogP contribution in [-0.2, 0) is 6.54 Å². The number of anilines is 1. The minimum atomic E-state index is -0.276. The zero-order chi connectivity index (χ0) is 15.2. The van der Waals surface area contributed by atoms with Gasteiger partial charge in [0.2, 0.25) is 11.2 Å². The fourth-order valence-electron chi connectivity index (χ4n) is 1.73. The molecule has 0 atom stereocenters. The van der Waals surface area contributed by atoms with Crippen molar-refractivity contribution in [1.29, 1.82) is 0 Å². The predicted octanol–water partition coefficient (Wildman–Crippen LogP) is 3.09. The molecular formula is C14H16ClFN4O. The molecule has 7 heteroatoms. The number of hydrogen-bond donors (Lipinski definition) is 0. The largest absolute Gasteiger partial charge is 0.463 e. The third-order valence-electron chi connectivity index (χ3n) is 2.66. The molecule has 0 N–H and O–H groups in total. The average Bonchev–Trinajstić information content (AvgIpc) is 2.44. The Morgan fingerprint density at radius 2 is 2.10 bits per heavy atom. The lowest BCUT2D eigenvalue weighted by Crippen LogP contribution is -2.20. The predicted molar refractivity (Wildman–Crippen MR) is 79.1 cm³/mol. The maximum atomic E-state index is 13.2. The van der Waals surface area contributed by atoms with Gasteiger partial charge in [0.15, 0.2) is 0 Å². The van der Waals surface area contributed by atoms with Crippen LogP contribution in [0.2, 0.25) is 5.28 Å². The average molecular weight is 311 g/mol. The third kappa shape index (κ3) is 4.53. The molecule has 0 aliphatic rings. The van der Waals surface area contributed by atoms with E-state index in [4.69, 9.17) is 16.3 Å². The van der Waals surface area contributed by atoms with Crippen molar-refractivity contribution in [3.63, 3.8) is 0 Å². The molecule has 112 valence electrons. The van der Waals surface area contributed by atoms with E-state index in [2.05, 4.69) is 15.0 Å². The van der Waals surface area contributed by atoms with E-state index < -0.39 is 0 Å². The van der Waals surface area contributed by atoms with E-state index in [-0.39, 0.29) is 17.1 Å². The number of hydrogen-bond acceptors (Lipinski definition) is 5. The van der Waals surface area contributed by atoms with Gasteiger partial charge in [0.1, 0.15) is 5.82 Å². The summed E-state index contributed by atoms with van der Waals surface area (Å²) in [6.45, 7) is 2.94. The smallest absolute Gasteiger partial charge is 0.322 e. The highest BCUT2D eigenvalue weighted by atomic mass is 35.5. The maximum absolute atomic E-state index is 13.2. The Kier molecular flexibility index (Phi) is 5.27. The highest BCUT2D eigenvalue weighted by molar-refractivity contribution is 6.28. The van der Waals surface area contributed by atoms with Crippen molar-refractivity contribution in [3.8, 4) is 6.01 Å². The molecule has 0 bridgehead atoms. The SMILES string of the molecule is CCCOc1nc(Cl)nc(N(C)Cc2cccc(F)c2)n1. The first kappa shape index (κ1) is 15.4. The van der Waals surface area contributed by atoms with Crippen molar-refractivity contribution in [3.05, 3.63) is 40.9 Å². The number of nitrogens with zero attached hydrogens (tertiary/aromatic N) is 4. The van der Waals surface area contributed by atoms with Crippen LogP contribution in [0.25, 0.3) is 0 Å². The first-order chi connectivity index (χ1) is 10.1. The van der Waals surface area contributed by atoms with Crippen LogP contribution in [0, 0.1) is 5.82 Å². The molecule has 2 rings (SSSR count). The van der Waals surface area contributed by atoms with Gasteiger partial charge >= 0.3 is 6.01 Å². The van der Waals surface area contributed by atoms with Crippen molar-refractivity contribution >= 4 is 17.5 Å². The Hall–Kier alpha value is -1.95. The molecule has 5 nitrogen and oxygen atoms in total.